The van der Waals surface area contributed by atoms with Crippen LogP contribution in [0, 0.1) is 13.8 Å². The summed E-state index contributed by atoms with van der Waals surface area (Å²) >= 11 is 7.37. The molecule has 4 aromatic carbocycles. The van der Waals surface area contributed by atoms with E-state index < -0.39 is 0 Å². The van der Waals surface area contributed by atoms with Gasteiger partial charge in [0, 0.05) is 20.1 Å². The minimum Gasteiger partial charge on any atom is -0.245 e. The van der Waals surface area contributed by atoms with Crippen molar-refractivity contribution in [1.82, 2.24) is 4.98 Å². The summed E-state index contributed by atoms with van der Waals surface area (Å²) in [6.07, 6.45) is 0. The second-order valence-corrected chi connectivity index (χ2v) is 10.7. The fraction of sp³-hybridized carbons (Fsp3) is 0.0606. The maximum Gasteiger partial charge on any atom is 0.0966 e. The van der Waals surface area contributed by atoms with E-state index in [1.54, 1.807) is 0 Å². The summed E-state index contributed by atoms with van der Waals surface area (Å²) < 4.78 is 1.88. The number of hydrogen-bond acceptors (Lipinski definition) is 3. The van der Waals surface area contributed by atoms with Crippen LogP contribution in [0.25, 0.3) is 0 Å². The topological polar surface area (TPSA) is 37.6 Å². The van der Waals surface area contributed by atoms with E-state index in [1.165, 1.54) is 11.1 Å². The molecule has 0 fully saturated rings. The number of pyridine rings is 1. The van der Waals surface area contributed by atoms with E-state index in [0.717, 1.165) is 54.3 Å². The van der Waals surface area contributed by atoms with Gasteiger partial charge in [0.1, 0.15) is 0 Å². The molecule has 38 heavy (non-hydrogen) atoms. The molecule has 0 N–H and O–H groups in total. The average molecular weight is 623 g/mol. The molecule has 186 valence electrons. The summed E-state index contributed by atoms with van der Waals surface area (Å²) in [4.78, 5) is 15.3. The SMILES string of the molecule is Cc1ccc(/N=C(\c2ccccc2)c2cccc(/C(=N/c3ccc(C)cc3Br)c3ccccc3)n2)c(Br)c1. The molecule has 0 aliphatic rings. The summed E-state index contributed by atoms with van der Waals surface area (Å²) in [5.74, 6) is 0. The van der Waals surface area contributed by atoms with Crippen molar-refractivity contribution in [2.45, 2.75) is 13.8 Å². The van der Waals surface area contributed by atoms with Gasteiger partial charge in [-0.2, -0.15) is 0 Å². The zero-order valence-corrected chi connectivity index (χ0v) is 24.2. The van der Waals surface area contributed by atoms with Crippen LogP contribution in [0.1, 0.15) is 33.6 Å². The zero-order chi connectivity index (χ0) is 26.5. The van der Waals surface area contributed by atoms with Crippen LogP contribution in [0.5, 0.6) is 0 Å². The molecule has 0 spiro atoms. The van der Waals surface area contributed by atoms with E-state index in [-0.39, 0.29) is 0 Å². The smallest absolute Gasteiger partial charge is 0.0966 e. The average Bonchev–Trinajstić information content (AvgIpc) is 2.93. The fourth-order valence-corrected chi connectivity index (χ4v) is 5.24. The van der Waals surface area contributed by atoms with Gasteiger partial charge in [0.25, 0.3) is 0 Å². The maximum absolute atomic E-state index is 5.12. The molecule has 0 saturated carbocycles. The first kappa shape index (κ1) is 26.0. The van der Waals surface area contributed by atoms with Crippen LogP contribution in [-0.4, -0.2) is 16.4 Å². The third-order valence-electron chi connectivity index (χ3n) is 6.00. The van der Waals surface area contributed by atoms with Crippen molar-refractivity contribution < 1.29 is 0 Å². The monoisotopic (exact) mass is 621 g/mol. The normalized spacial score (nSPS) is 12.0. The van der Waals surface area contributed by atoms with Gasteiger partial charge in [-0.15, -0.1) is 0 Å². The second-order valence-electron chi connectivity index (χ2n) is 8.97. The minimum atomic E-state index is 0.771. The fourth-order valence-electron chi connectivity index (χ4n) is 4.08. The molecular weight excluding hydrogens is 598 g/mol. The molecule has 0 saturated heterocycles. The van der Waals surface area contributed by atoms with E-state index in [2.05, 4.69) is 94.2 Å². The Morgan fingerprint density at radius 1 is 0.526 bits per heavy atom. The molecule has 0 aliphatic heterocycles. The van der Waals surface area contributed by atoms with Crippen molar-refractivity contribution in [1.29, 1.82) is 0 Å². The van der Waals surface area contributed by atoms with E-state index in [9.17, 15) is 0 Å². The van der Waals surface area contributed by atoms with Gasteiger partial charge in [-0.1, -0.05) is 78.9 Å². The van der Waals surface area contributed by atoms with Gasteiger partial charge in [-0.3, -0.25) is 0 Å². The predicted molar refractivity (Wildman–Crippen MR) is 165 cm³/mol. The quantitative estimate of drug-likeness (QED) is 0.174. The summed E-state index contributed by atoms with van der Waals surface area (Å²) in [6, 6.07) is 38.7. The number of aryl methyl sites for hydroxylation is 2. The van der Waals surface area contributed by atoms with Crippen LogP contribution in [0.4, 0.5) is 11.4 Å². The van der Waals surface area contributed by atoms with Crippen LogP contribution >= 0.6 is 31.9 Å². The van der Waals surface area contributed by atoms with E-state index in [1.807, 2.05) is 66.7 Å². The summed E-state index contributed by atoms with van der Waals surface area (Å²) in [6.45, 7) is 4.14. The summed E-state index contributed by atoms with van der Waals surface area (Å²) in [7, 11) is 0. The van der Waals surface area contributed by atoms with Gasteiger partial charge in [-0.25, -0.2) is 15.0 Å². The highest BCUT2D eigenvalue weighted by Gasteiger charge is 2.15. The lowest BCUT2D eigenvalue weighted by molar-refractivity contribution is 1.24. The molecule has 3 nitrogen and oxygen atoms in total. The zero-order valence-electron chi connectivity index (χ0n) is 21.1. The largest absolute Gasteiger partial charge is 0.245 e. The van der Waals surface area contributed by atoms with Crippen LogP contribution in [-0.2, 0) is 0 Å². The lowest BCUT2D eigenvalue weighted by Gasteiger charge is -2.12. The Labute approximate surface area is 240 Å². The molecule has 5 rings (SSSR count). The van der Waals surface area contributed by atoms with Crippen molar-refractivity contribution in [2.24, 2.45) is 9.98 Å². The highest BCUT2D eigenvalue weighted by atomic mass is 79.9. The van der Waals surface area contributed by atoms with Crippen LogP contribution < -0.4 is 0 Å². The van der Waals surface area contributed by atoms with Gasteiger partial charge in [0.05, 0.1) is 34.2 Å². The van der Waals surface area contributed by atoms with Crippen molar-refractivity contribution in [3.63, 3.8) is 0 Å². The lowest BCUT2D eigenvalue weighted by atomic mass is 10.0. The van der Waals surface area contributed by atoms with Crippen molar-refractivity contribution in [2.75, 3.05) is 0 Å². The molecule has 0 radical (unpaired) electrons. The van der Waals surface area contributed by atoms with Gasteiger partial charge in [-0.05, 0) is 93.2 Å². The van der Waals surface area contributed by atoms with Crippen LogP contribution in [0.3, 0.4) is 0 Å². The Morgan fingerprint density at radius 3 is 1.34 bits per heavy atom. The number of hydrogen-bond donors (Lipinski definition) is 0. The second kappa shape index (κ2) is 11.8. The lowest BCUT2D eigenvalue weighted by Crippen LogP contribution is -2.11. The molecular formula is C33H25Br2N3. The number of aromatic nitrogens is 1. The van der Waals surface area contributed by atoms with Crippen LogP contribution in [0.2, 0.25) is 0 Å². The summed E-state index contributed by atoms with van der Waals surface area (Å²) in [5, 5.41) is 0. The van der Waals surface area contributed by atoms with E-state index in [4.69, 9.17) is 15.0 Å². The predicted octanol–water partition coefficient (Wildman–Crippen LogP) is 9.56. The molecule has 1 heterocycles. The molecule has 0 aliphatic carbocycles. The van der Waals surface area contributed by atoms with E-state index >= 15 is 0 Å². The third-order valence-corrected chi connectivity index (χ3v) is 7.27. The van der Waals surface area contributed by atoms with Crippen LogP contribution in [0.15, 0.2) is 134 Å². The Bertz CT molecular complexity index is 1520. The first-order chi connectivity index (χ1) is 18.5. The molecule has 0 bridgehead atoms. The standard InChI is InChI=1S/C33H25Br2N3/c1-22-16-18-28(26(34)20-22)37-32(24-10-5-3-6-11-24)30-14-9-15-31(36-30)33(25-12-7-4-8-13-25)38-29-19-17-23(2)21-27(29)35/h3-21H,1-2H3/b37-32+,38-33+. The molecule has 1 aromatic heterocycles. The maximum atomic E-state index is 5.12. The first-order valence-corrected chi connectivity index (χ1v) is 13.8. The number of rotatable bonds is 6. The number of aliphatic imine (C=N–C) groups is 2. The number of halogens is 2. The van der Waals surface area contributed by atoms with Crippen molar-refractivity contribution in [3.8, 4) is 0 Å². The Morgan fingerprint density at radius 2 is 0.947 bits per heavy atom. The molecule has 0 atom stereocenters. The van der Waals surface area contributed by atoms with Gasteiger partial charge < -0.3 is 0 Å². The molecule has 0 unspecified atom stereocenters. The Balaban J connectivity index is 1.68. The van der Waals surface area contributed by atoms with Gasteiger partial charge in [0.15, 0.2) is 0 Å². The van der Waals surface area contributed by atoms with Crippen molar-refractivity contribution >= 4 is 54.7 Å². The van der Waals surface area contributed by atoms with Crippen molar-refractivity contribution in [3.05, 3.63) is 158 Å². The number of benzene rings is 4. The molecule has 5 aromatic rings. The minimum absolute atomic E-state index is 0.771. The Hall–Kier alpha value is -3.67. The number of nitrogens with zero attached hydrogens (tertiary/aromatic N) is 3. The highest BCUT2D eigenvalue weighted by molar-refractivity contribution is 9.11. The Kier molecular flexibility index (Phi) is 8.06. The van der Waals surface area contributed by atoms with Gasteiger partial charge in [0.2, 0.25) is 0 Å². The summed E-state index contributed by atoms with van der Waals surface area (Å²) in [5.41, 5.74) is 9.14. The first-order valence-electron chi connectivity index (χ1n) is 12.3. The van der Waals surface area contributed by atoms with Gasteiger partial charge >= 0.3 is 0 Å². The molecule has 5 heteroatoms. The third kappa shape index (κ3) is 6.07. The van der Waals surface area contributed by atoms with E-state index in [0.29, 0.717) is 0 Å². The highest BCUT2D eigenvalue weighted by Crippen LogP contribution is 2.30. The molecule has 0 amide bonds.